The van der Waals surface area contributed by atoms with E-state index in [9.17, 15) is 19.5 Å². The number of methoxy groups -OCH3 is 1. The summed E-state index contributed by atoms with van der Waals surface area (Å²) in [5.74, 6) is 0.00914. The summed E-state index contributed by atoms with van der Waals surface area (Å²) in [4.78, 5) is 36.5. The van der Waals surface area contributed by atoms with Crippen LogP contribution in [-0.4, -0.2) is 48.2 Å². The Bertz CT molecular complexity index is 738. The van der Waals surface area contributed by atoms with Gasteiger partial charge in [-0.1, -0.05) is 64.4 Å². The van der Waals surface area contributed by atoms with Crippen LogP contribution in [0.15, 0.2) is 30.3 Å². The fourth-order valence-corrected chi connectivity index (χ4v) is 3.73. The molecule has 0 saturated carbocycles. The number of hydrogen-bond acceptors (Lipinski definition) is 5. The fraction of sp³-hybridized carbons (Fsp3) is 0.667. The van der Waals surface area contributed by atoms with Gasteiger partial charge in [-0.25, -0.2) is 0 Å². The van der Waals surface area contributed by atoms with Gasteiger partial charge in [-0.3, -0.25) is 14.4 Å². The number of esters is 1. The zero-order valence-corrected chi connectivity index (χ0v) is 21.5. The second-order valence-electron chi connectivity index (χ2n) is 9.70. The maximum absolute atomic E-state index is 12.6. The number of aliphatic hydroxyl groups excluding tert-OH is 1. The van der Waals surface area contributed by atoms with Gasteiger partial charge < -0.3 is 20.5 Å². The van der Waals surface area contributed by atoms with E-state index in [4.69, 9.17) is 0 Å². The summed E-state index contributed by atoms with van der Waals surface area (Å²) in [5.41, 5.74) is 0.986. The van der Waals surface area contributed by atoms with Gasteiger partial charge in [-0.2, -0.15) is 0 Å². The second kappa shape index (κ2) is 16.3. The van der Waals surface area contributed by atoms with E-state index in [-0.39, 0.29) is 30.7 Å². The first-order valence-electron chi connectivity index (χ1n) is 12.5. The van der Waals surface area contributed by atoms with Crippen LogP contribution in [0.25, 0.3) is 0 Å². The van der Waals surface area contributed by atoms with Crippen molar-refractivity contribution in [2.24, 2.45) is 11.8 Å². The van der Waals surface area contributed by atoms with Crippen LogP contribution < -0.4 is 10.6 Å². The minimum atomic E-state index is -0.858. The highest BCUT2D eigenvalue weighted by Gasteiger charge is 2.26. The van der Waals surface area contributed by atoms with Gasteiger partial charge in [0.2, 0.25) is 11.8 Å². The predicted molar refractivity (Wildman–Crippen MR) is 134 cm³/mol. The molecule has 7 nitrogen and oxygen atoms in total. The van der Waals surface area contributed by atoms with E-state index < -0.39 is 18.1 Å². The molecule has 2 amide bonds. The number of ether oxygens (including phenoxy) is 1. The van der Waals surface area contributed by atoms with Gasteiger partial charge in [0.25, 0.3) is 0 Å². The number of hydrogen-bond donors (Lipinski definition) is 3. The molecule has 3 unspecified atom stereocenters. The zero-order chi connectivity index (χ0) is 25.5. The van der Waals surface area contributed by atoms with E-state index >= 15 is 0 Å². The summed E-state index contributed by atoms with van der Waals surface area (Å²) >= 11 is 0. The fourth-order valence-electron chi connectivity index (χ4n) is 3.73. The van der Waals surface area contributed by atoms with Gasteiger partial charge in [0.05, 0.1) is 25.7 Å². The number of nitrogens with one attached hydrogen (secondary N) is 2. The number of aliphatic hydroxyl groups is 1. The SMILES string of the molecule is CCC(C)CC(=O)NC(CCC(C)C)C[C@H](O)C(Cc1ccccc1)NC(=O)CCC(=O)OC. The molecule has 0 aliphatic rings. The van der Waals surface area contributed by atoms with Crippen molar-refractivity contribution in [1.82, 2.24) is 10.6 Å². The van der Waals surface area contributed by atoms with Gasteiger partial charge in [-0.15, -0.1) is 0 Å². The third-order valence-corrected chi connectivity index (χ3v) is 6.11. The molecule has 192 valence electrons. The average molecular weight is 477 g/mol. The topological polar surface area (TPSA) is 105 Å². The van der Waals surface area contributed by atoms with Crippen LogP contribution in [0.1, 0.15) is 78.2 Å². The Labute approximate surface area is 205 Å². The summed E-state index contributed by atoms with van der Waals surface area (Å²) in [6.07, 6.45) is 2.99. The summed E-state index contributed by atoms with van der Waals surface area (Å²) in [5, 5.41) is 17.2. The van der Waals surface area contributed by atoms with E-state index in [1.165, 1.54) is 7.11 Å². The van der Waals surface area contributed by atoms with E-state index in [0.717, 1.165) is 24.8 Å². The molecule has 34 heavy (non-hydrogen) atoms. The number of carbonyl (C=O) groups is 3. The third kappa shape index (κ3) is 12.7. The predicted octanol–water partition coefficient (Wildman–Crippen LogP) is 3.78. The van der Waals surface area contributed by atoms with E-state index in [1.807, 2.05) is 30.3 Å². The Morgan fingerprint density at radius 1 is 0.971 bits per heavy atom. The molecule has 1 rings (SSSR count). The van der Waals surface area contributed by atoms with Gasteiger partial charge in [0.1, 0.15) is 0 Å². The molecule has 0 spiro atoms. The molecular formula is C27H44N2O5. The maximum atomic E-state index is 12.6. The number of rotatable bonds is 16. The van der Waals surface area contributed by atoms with Crippen LogP contribution in [-0.2, 0) is 25.5 Å². The number of amides is 2. The Hall–Kier alpha value is -2.41. The van der Waals surface area contributed by atoms with Crippen molar-refractivity contribution in [2.75, 3.05) is 7.11 Å². The molecule has 1 aromatic carbocycles. The molecule has 0 saturated heterocycles. The Kier molecular flexibility index (Phi) is 14.2. The lowest BCUT2D eigenvalue weighted by Gasteiger charge is -2.29. The minimum absolute atomic E-state index is 0.00275. The van der Waals surface area contributed by atoms with Crippen LogP contribution in [0, 0.1) is 11.8 Å². The van der Waals surface area contributed by atoms with Crippen molar-refractivity contribution in [3.05, 3.63) is 35.9 Å². The largest absolute Gasteiger partial charge is 0.469 e. The van der Waals surface area contributed by atoms with Crippen LogP contribution in [0.3, 0.4) is 0 Å². The molecule has 0 radical (unpaired) electrons. The van der Waals surface area contributed by atoms with Gasteiger partial charge in [0.15, 0.2) is 0 Å². The molecule has 0 bridgehead atoms. The van der Waals surface area contributed by atoms with Crippen molar-refractivity contribution < 1.29 is 24.2 Å². The third-order valence-electron chi connectivity index (χ3n) is 6.11. The Balaban J connectivity index is 2.91. The molecule has 4 atom stereocenters. The molecule has 1 aromatic rings. The first-order chi connectivity index (χ1) is 16.1. The van der Waals surface area contributed by atoms with Gasteiger partial charge in [0, 0.05) is 18.9 Å². The zero-order valence-electron chi connectivity index (χ0n) is 21.5. The molecule has 0 fully saturated rings. The normalized spacial score (nSPS) is 14.7. The molecule has 0 aliphatic carbocycles. The summed E-state index contributed by atoms with van der Waals surface area (Å²) < 4.78 is 4.61. The lowest BCUT2D eigenvalue weighted by atomic mass is 9.92. The highest BCUT2D eigenvalue weighted by Crippen LogP contribution is 2.17. The average Bonchev–Trinajstić information content (AvgIpc) is 2.80. The van der Waals surface area contributed by atoms with E-state index in [2.05, 4.69) is 43.1 Å². The Morgan fingerprint density at radius 3 is 2.24 bits per heavy atom. The van der Waals surface area contributed by atoms with Crippen LogP contribution in [0.4, 0.5) is 0 Å². The number of carbonyl (C=O) groups excluding carboxylic acids is 3. The summed E-state index contributed by atoms with van der Waals surface area (Å²) in [6.45, 7) is 8.38. The van der Waals surface area contributed by atoms with Gasteiger partial charge >= 0.3 is 5.97 Å². The molecule has 7 heteroatoms. The summed E-state index contributed by atoms with van der Waals surface area (Å²) in [6, 6.07) is 8.92. The maximum Gasteiger partial charge on any atom is 0.306 e. The highest BCUT2D eigenvalue weighted by atomic mass is 16.5. The summed E-state index contributed by atoms with van der Waals surface area (Å²) in [7, 11) is 1.29. The smallest absolute Gasteiger partial charge is 0.306 e. The monoisotopic (exact) mass is 476 g/mol. The molecule has 0 heterocycles. The van der Waals surface area contributed by atoms with Crippen LogP contribution >= 0.6 is 0 Å². The van der Waals surface area contributed by atoms with Crippen molar-refractivity contribution in [3.63, 3.8) is 0 Å². The molecule has 0 aliphatic heterocycles. The molecule has 0 aromatic heterocycles. The quantitative estimate of drug-likeness (QED) is 0.315. The van der Waals surface area contributed by atoms with Crippen molar-refractivity contribution >= 4 is 17.8 Å². The standard InChI is InChI=1S/C27H44N2O5/c1-6-20(4)16-26(32)28-22(13-12-19(2)3)18-24(30)23(17-21-10-8-7-9-11-21)29-25(31)14-15-27(33)34-5/h7-11,19-20,22-24,30H,6,12-18H2,1-5H3,(H,28,32)(H,29,31)/t20?,22?,23?,24-/m0/s1. The Morgan fingerprint density at radius 2 is 1.65 bits per heavy atom. The van der Waals surface area contributed by atoms with E-state index in [0.29, 0.717) is 31.1 Å². The van der Waals surface area contributed by atoms with Gasteiger partial charge in [-0.05, 0) is 43.1 Å². The first-order valence-corrected chi connectivity index (χ1v) is 12.5. The molecular weight excluding hydrogens is 432 g/mol. The van der Waals surface area contributed by atoms with Crippen LogP contribution in [0.2, 0.25) is 0 Å². The van der Waals surface area contributed by atoms with Crippen LogP contribution in [0.5, 0.6) is 0 Å². The minimum Gasteiger partial charge on any atom is -0.469 e. The van der Waals surface area contributed by atoms with Crippen molar-refractivity contribution in [2.45, 2.75) is 97.2 Å². The first kappa shape index (κ1) is 29.6. The highest BCUT2D eigenvalue weighted by molar-refractivity contribution is 5.81. The second-order valence-corrected chi connectivity index (χ2v) is 9.70. The lowest BCUT2D eigenvalue weighted by molar-refractivity contribution is -0.142. The van der Waals surface area contributed by atoms with E-state index in [1.54, 1.807) is 0 Å². The van der Waals surface area contributed by atoms with Crippen molar-refractivity contribution in [3.8, 4) is 0 Å². The molecule has 3 N–H and O–H groups in total. The lowest BCUT2D eigenvalue weighted by Crippen LogP contribution is -2.48. The number of benzene rings is 1. The van der Waals surface area contributed by atoms with Crippen molar-refractivity contribution in [1.29, 1.82) is 0 Å².